The van der Waals surface area contributed by atoms with E-state index in [1.807, 2.05) is 0 Å². The molecular formula is C29H36F3N2O2S+. The van der Waals surface area contributed by atoms with Crippen molar-refractivity contribution in [2.75, 3.05) is 36.8 Å². The SMILES string of the molecule is O=C(O[C@H]1C[N+]2(CCSC3CCCCC3)CCC1CC2)N(Cc1ccc(F)c(F)c1)c1ccccc1F. The highest BCUT2D eigenvalue weighted by Crippen LogP contribution is 2.37. The quantitative estimate of drug-likeness (QED) is 0.345. The van der Waals surface area contributed by atoms with Crippen molar-refractivity contribution in [2.24, 2.45) is 5.92 Å². The average Bonchev–Trinajstić information content (AvgIpc) is 2.91. The van der Waals surface area contributed by atoms with Gasteiger partial charge in [-0.25, -0.2) is 18.0 Å². The van der Waals surface area contributed by atoms with Crippen molar-refractivity contribution in [3.05, 3.63) is 65.5 Å². The zero-order chi connectivity index (χ0) is 25.8. The predicted molar refractivity (Wildman–Crippen MR) is 141 cm³/mol. The molecule has 0 aromatic heterocycles. The van der Waals surface area contributed by atoms with Crippen LogP contribution in [0.25, 0.3) is 0 Å². The summed E-state index contributed by atoms with van der Waals surface area (Å²) in [5.41, 5.74) is 0.419. The van der Waals surface area contributed by atoms with Crippen LogP contribution < -0.4 is 4.90 Å². The van der Waals surface area contributed by atoms with Crippen LogP contribution in [0.1, 0.15) is 50.5 Å². The first-order valence-corrected chi connectivity index (χ1v) is 14.6. The van der Waals surface area contributed by atoms with Crippen molar-refractivity contribution < 1.29 is 27.2 Å². The first-order valence-electron chi connectivity index (χ1n) is 13.6. The molecular weight excluding hydrogens is 497 g/mol. The Hall–Kier alpha value is -2.19. The minimum atomic E-state index is -1.01. The molecule has 0 radical (unpaired) electrons. The van der Waals surface area contributed by atoms with Crippen molar-refractivity contribution in [1.29, 1.82) is 0 Å². The van der Waals surface area contributed by atoms with E-state index in [0.29, 0.717) is 11.5 Å². The molecule has 1 saturated carbocycles. The van der Waals surface area contributed by atoms with Gasteiger partial charge in [-0.2, -0.15) is 11.8 Å². The number of piperidine rings is 3. The molecule has 1 aliphatic carbocycles. The molecule has 4 nitrogen and oxygen atoms in total. The Labute approximate surface area is 221 Å². The minimum absolute atomic E-state index is 0.0614. The van der Waals surface area contributed by atoms with Crippen LogP contribution in [0.4, 0.5) is 23.7 Å². The molecule has 0 N–H and O–H groups in total. The van der Waals surface area contributed by atoms with E-state index in [4.69, 9.17) is 4.74 Å². The van der Waals surface area contributed by atoms with Crippen LogP contribution in [-0.4, -0.2) is 53.9 Å². The molecule has 1 amide bonds. The third kappa shape index (κ3) is 6.28. The van der Waals surface area contributed by atoms with Gasteiger partial charge in [-0.05, 0) is 42.7 Å². The highest BCUT2D eigenvalue weighted by Gasteiger charge is 2.48. The second kappa shape index (κ2) is 11.7. The summed E-state index contributed by atoms with van der Waals surface area (Å²) in [6.45, 7) is 4.00. The number of anilines is 1. The molecule has 0 spiro atoms. The minimum Gasteiger partial charge on any atom is -0.440 e. The van der Waals surface area contributed by atoms with Crippen LogP contribution >= 0.6 is 11.8 Å². The average molecular weight is 534 g/mol. The van der Waals surface area contributed by atoms with Crippen LogP contribution in [0.3, 0.4) is 0 Å². The van der Waals surface area contributed by atoms with Crippen LogP contribution in [-0.2, 0) is 11.3 Å². The van der Waals surface area contributed by atoms with Crippen molar-refractivity contribution in [3.63, 3.8) is 0 Å². The van der Waals surface area contributed by atoms with Crippen LogP contribution in [0.5, 0.6) is 0 Å². The molecule has 2 aromatic rings. The fourth-order valence-corrected chi connectivity index (χ4v) is 7.74. The predicted octanol–water partition coefficient (Wildman–Crippen LogP) is 6.92. The summed E-state index contributed by atoms with van der Waals surface area (Å²) in [7, 11) is 0. The number of quaternary nitrogens is 1. The first kappa shape index (κ1) is 26.4. The second-order valence-electron chi connectivity index (χ2n) is 10.9. The molecule has 3 heterocycles. The van der Waals surface area contributed by atoms with Crippen molar-refractivity contribution in [1.82, 2.24) is 0 Å². The van der Waals surface area contributed by atoms with Crippen LogP contribution in [0.2, 0.25) is 0 Å². The van der Waals surface area contributed by atoms with Crippen LogP contribution in [0.15, 0.2) is 42.5 Å². The maximum atomic E-state index is 14.7. The topological polar surface area (TPSA) is 29.5 Å². The second-order valence-corrected chi connectivity index (χ2v) is 12.3. The third-order valence-electron chi connectivity index (χ3n) is 8.45. The molecule has 1 atom stereocenters. The number of amides is 1. The summed E-state index contributed by atoms with van der Waals surface area (Å²) in [6, 6.07) is 9.42. The van der Waals surface area contributed by atoms with Gasteiger partial charge in [-0.1, -0.05) is 37.5 Å². The molecule has 4 fully saturated rings. The molecule has 37 heavy (non-hydrogen) atoms. The highest BCUT2D eigenvalue weighted by atomic mass is 32.2. The lowest BCUT2D eigenvalue weighted by Crippen LogP contribution is -2.65. The molecule has 2 aromatic carbocycles. The van der Waals surface area contributed by atoms with Gasteiger partial charge < -0.3 is 9.22 Å². The van der Waals surface area contributed by atoms with Gasteiger partial charge in [0.05, 0.1) is 31.9 Å². The smallest absolute Gasteiger partial charge is 0.415 e. The van der Waals surface area contributed by atoms with E-state index < -0.39 is 23.5 Å². The zero-order valence-electron chi connectivity index (χ0n) is 21.2. The standard InChI is InChI=1S/C29H36F3N2O2S/c30-24-11-10-21(18-26(24)32)19-33(27-9-5-4-8-25(27)31)29(35)36-28-20-34(14-12-22(28)13-15-34)16-17-37-23-6-2-1-3-7-23/h4-5,8-11,18,22-23,28H,1-3,6-7,12-17,19-20H2/q+1/t22?,28-,34?/m0/s1. The number of thioether (sulfide) groups is 1. The Morgan fingerprint density at radius 1 is 0.946 bits per heavy atom. The lowest BCUT2D eigenvalue weighted by molar-refractivity contribution is -0.943. The number of carbonyl (C=O) groups is 1. The van der Waals surface area contributed by atoms with Crippen molar-refractivity contribution >= 4 is 23.5 Å². The molecule has 0 unspecified atom stereocenters. The summed E-state index contributed by atoms with van der Waals surface area (Å²) in [4.78, 5) is 14.7. The Morgan fingerprint density at radius 2 is 1.70 bits per heavy atom. The molecule has 4 aliphatic rings. The fraction of sp³-hybridized carbons (Fsp3) is 0.552. The number of halogens is 3. The molecule has 3 saturated heterocycles. The lowest BCUT2D eigenvalue weighted by Gasteiger charge is -2.52. The maximum Gasteiger partial charge on any atom is 0.415 e. The van der Waals surface area contributed by atoms with E-state index in [-0.39, 0.29) is 18.3 Å². The Bertz CT molecular complexity index is 1090. The highest BCUT2D eigenvalue weighted by molar-refractivity contribution is 7.99. The van der Waals surface area contributed by atoms with E-state index in [1.165, 1.54) is 55.2 Å². The van der Waals surface area contributed by atoms with E-state index in [0.717, 1.165) is 66.6 Å². The van der Waals surface area contributed by atoms with Crippen molar-refractivity contribution in [2.45, 2.75) is 62.8 Å². The number of ether oxygens (including phenoxy) is 1. The van der Waals surface area contributed by atoms with E-state index in [2.05, 4.69) is 11.8 Å². The molecule has 6 rings (SSSR count). The number of para-hydroxylation sites is 1. The van der Waals surface area contributed by atoms with Gasteiger partial charge in [-0.15, -0.1) is 0 Å². The number of rotatable bonds is 8. The van der Waals surface area contributed by atoms with Gasteiger partial charge >= 0.3 is 6.09 Å². The normalized spacial score (nSPS) is 25.7. The summed E-state index contributed by atoms with van der Waals surface area (Å²) in [5, 5.41) is 0.786. The Morgan fingerprint density at radius 3 is 2.43 bits per heavy atom. The van der Waals surface area contributed by atoms with E-state index in [1.54, 1.807) is 12.1 Å². The van der Waals surface area contributed by atoms with E-state index >= 15 is 0 Å². The summed E-state index contributed by atoms with van der Waals surface area (Å²) in [6.07, 6.45) is 7.89. The zero-order valence-corrected chi connectivity index (χ0v) is 22.0. The summed E-state index contributed by atoms with van der Waals surface area (Å²) < 4.78 is 49.1. The largest absolute Gasteiger partial charge is 0.440 e. The van der Waals surface area contributed by atoms with Gasteiger partial charge in [0.25, 0.3) is 0 Å². The molecule has 200 valence electrons. The van der Waals surface area contributed by atoms with E-state index in [9.17, 15) is 18.0 Å². The number of benzene rings is 2. The maximum absolute atomic E-state index is 14.7. The molecule has 8 heteroatoms. The monoisotopic (exact) mass is 533 g/mol. The van der Waals surface area contributed by atoms with Gasteiger partial charge in [0.15, 0.2) is 17.7 Å². The number of fused-ring (bicyclic) bond motifs is 3. The van der Waals surface area contributed by atoms with Gasteiger partial charge in [0.2, 0.25) is 0 Å². The van der Waals surface area contributed by atoms with Crippen molar-refractivity contribution in [3.8, 4) is 0 Å². The Kier molecular flexibility index (Phi) is 8.34. The van der Waals surface area contributed by atoms with Gasteiger partial charge in [-0.3, -0.25) is 4.90 Å². The molecule has 2 bridgehead atoms. The third-order valence-corrected chi connectivity index (χ3v) is 9.81. The summed E-state index contributed by atoms with van der Waals surface area (Å²) in [5.74, 6) is -1.10. The van der Waals surface area contributed by atoms with Gasteiger partial charge in [0.1, 0.15) is 12.4 Å². The lowest BCUT2D eigenvalue weighted by atomic mass is 9.83. The number of hydrogen-bond acceptors (Lipinski definition) is 3. The summed E-state index contributed by atoms with van der Waals surface area (Å²) >= 11 is 2.11. The molecule has 3 aliphatic heterocycles. The number of carbonyl (C=O) groups excluding carboxylic acids is 1. The van der Waals surface area contributed by atoms with Crippen LogP contribution in [0, 0.1) is 23.4 Å². The fourth-order valence-electron chi connectivity index (χ4n) is 6.25. The number of nitrogens with zero attached hydrogens (tertiary/aromatic N) is 2. The Balaban J connectivity index is 1.27. The first-order chi connectivity index (χ1) is 17.9. The van der Waals surface area contributed by atoms with Gasteiger partial charge in [0, 0.05) is 29.8 Å². The number of hydrogen-bond donors (Lipinski definition) is 0.